The van der Waals surface area contributed by atoms with Crippen molar-refractivity contribution in [2.45, 2.75) is 6.04 Å². The lowest BCUT2D eigenvalue weighted by Crippen LogP contribution is -2.57. The number of ether oxygens (including phenoxy) is 1. The SMILES string of the molecule is O=C1C[N]CC2COCCN12. The van der Waals surface area contributed by atoms with Crippen molar-refractivity contribution < 1.29 is 9.53 Å². The summed E-state index contributed by atoms with van der Waals surface area (Å²) in [6.45, 7) is 3.22. The third-order valence-electron chi connectivity index (χ3n) is 2.13. The molecule has 0 aromatic rings. The first-order valence-electron chi connectivity index (χ1n) is 3.88. The summed E-state index contributed by atoms with van der Waals surface area (Å²) in [5.41, 5.74) is 0. The van der Waals surface area contributed by atoms with Crippen molar-refractivity contribution in [2.24, 2.45) is 0 Å². The third kappa shape index (κ3) is 1.23. The molecule has 0 aromatic carbocycles. The van der Waals surface area contributed by atoms with Crippen molar-refractivity contribution in [2.75, 3.05) is 32.8 Å². The fraction of sp³-hybridized carbons (Fsp3) is 0.857. The molecule has 1 amide bonds. The Hall–Kier alpha value is -0.610. The van der Waals surface area contributed by atoms with Gasteiger partial charge in [-0.15, -0.1) is 0 Å². The van der Waals surface area contributed by atoms with E-state index in [4.69, 9.17) is 4.74 Å². The minimum absolute atomic E-state index is 0.157. The van der Waals surface area contributed by atoms with Crippen LogP contribution in [0.4, 0.5) is 0 Å². The number of nitrogens with zero attached hydrogens (tertiary/aromatic N) is 2. The molecule has 2 fully saturated rings. The van der Waals surface area contributed by atoms with Crippen molar-refractivity contribution in [3.8, 4) is 0 Å². The van der Waals surface area contributed by atoms with Crippen LogP contribution in [0.15, 0.2) is 0 Å². The first-order valence-corrected chi connectivity index (χ1v) is 3.88. The van der Waals surface area contributed by atoms with Crippen LogP contribution in [-0.4, -0.2) is 49.7 Å². The Labute approximate surface area is 65.5 Å². The van der Waals surface area contributed by atoms with Gasteiger partial charge in [0.25, 0.3) is 0 Å². The molecule has 0 aromatic heterocycles. The van der Waals surface area contributed by atoms with Crippen molar-refractivity contribution in [1.82, 2.24) is 10.2 Å². The van der Waals surface area contributed by atoms with Gasteiger partial charge < -0.3 is 9.64 Å². The van der Waals surface area contributed by atoms with Crippen molar-refractivity contribution >= 4 is 5.91 Å². The van der Waals surface area contributed by atoms with E-state index in [-0.39, 0.29) is 11.9 Å². The van der Waals surface area contributed by atoms with Gasteiger partial charge >= 0.3 is 0 Å². The highest BCUT2D eigenvalue weighted by molar-refractivity contribution is 5.79. The zero-order valence-electron chi connectivity index (χ0n) is 6.32. The molecule has 1 atom stereocenters. The largest absolute Gasteiger partial charge is 0.377 e. The van der Waals surface area contributed by atoms with E-state index in [0.717, 1.165) is 13.1 Å². The van der Waals surface area contributed by atoms with Gasteiger partial charge in [-0.1, -0.05) is 0 Å². The Kier molecular flexibility index (Phi) is 1.79. The molecule has 0 spiro atoms. The molecule has 2 saturated heterocycles. The van der Waals surface area contributed by atoms with E-state index in [1.54, 1.807) is 0 Å². The molecule has 0 bridgehead atoms. The molecule has 0 N–H and O–H groups in total. The second-order valence-corrected chi connectivity index (χ2v) is 2.88. The fourth-order valence-electron chi connectivity index (χ4n) is 1.53. The monoisotopic (exact) mass is 155 g/mol. The average Bonchev–Trinajstić information content (AvgIpc) is 2.06. The second kappa shape index (κ2) is 2.79. The van der Waals surface area contributed by atoms with Gasteiger partial charge in [0.15, 0.2) is 0 Å². The van der Waals surface area contributed by atoms with Gasteiger partial charge in [0, 0.05) is 13.1 Å². The number of morpholine rings is 1. The number of carbonyl (C=O) groups is 1. The van der Waals surface area contributed by atoms with Crippen LogP contribution >= 0.6 is 0 Å². The number of hydrogen-bond acceptors (Lipinski definition) is 2. The van der Waals surface area contributed by atoms with Gasteiger partial charge in [-0.2, -0.15) is 0 Å². The Morgan fingerprint density at radius 2 is 2.55 bits per heavy atom. The molecule has 2 heterocycles. The molecule has 61 valence electrons. The summed E-state index contributed by atoms with van der Waals surface area (Å²) >= 11 is 0. The Bertz CT molecular complexity index is 170. The number of carbonyl (C=O) groups excluding carboxylic acids is 1. The van der Waals surface area contributed by atoms with Crippen LogP contribution in [0, 0.1) is 0 Å². The Balaban J connectivity index is 2.05. The quantitative estimate of drug-likeness (QED) is 0.442. The molecule has 2 aliphatic rings. The van der Waals surface area contributed by atoms with Crippen LogP contribution in [0.1, 0.15) is 0 Å². The zero-order valence-corrected chi connectivity index (χ0v) is 6.32. The summed E-state index contributed by atoms with van der Waals surface area (Å²) in [7, 11) is 0. The highest BCUT2D eigenvalue weighted by Gasteiger charge is 2.30. The molecule has 1 unspecified atom stereocenters. The highest BCUT2D eigenvalue weighted by Crippen LogP contribution is 2.09. The van der Waals surface area contributed by atoms with Crippen LogP contribution in [-0.2, 0) is 9.53 Å². The number of hydrogen-bond donors (Lipinski definition) is 0. The van der Waals surface area contributed by atoms with Crippen molar-refractivity contribution in [1.29, 1.82) is 0 Å². The second-order valence-electron chi connectivity index (χ2n) is 2.88. The van der Waals surface area contributed by atoms with Crippen LogP contribution in [0.3, 0.4) is 0 Å². The van der Waals surface area contributed by atoms with Gasteiger partial charge in [0.2, 0.25) is 5.91 Å². The van der Waals surface area contributed by atoms with E-state index in [2.05, 4.69) is 5.32 Å². The van der Waals surface area contributed by atoms with E-state index >= 15 is 0 Å². The van der Waals surface area contributed by atoms with E-state index in [9.17, 15) is 4.79 Å². The summed E-state index contributed by atoms with van der Waals surface area (Å²) in [5.74, 6) is 0.157. The van der Waals surface area contributed by atoms with E-state index in [0.29, 0.717) is 19.8 Å². The third-order valence-corrected chi connectivity index (χ3v) is 2.13. The Morgan fingerprint density at radius 3 is 3.36 bits per heavy atom. The topological polar surface area (TPSA) is 43.6 Å². The van der Waals surface area contributed by atoms with Gasteiger partial charge in [-0.3, -0.25) is 4.79 Å². The lowest BCUT2D eigenvalue weighted by atomic mass is 10.2. The van der Waals surface area contributed by atoms with Gasteiger partial charge in [-0.25, -0.2) is 5.32 Å². The summed E-state index contributed by atoms with van der Waals surface area (Å²) < 4.78 is 5.23. The molecule has 2 aliphatic heterocycles. The molecule has 2 rings (SSSR count). The summed E-state index contributed by atoms with van der Waals surface area (Å²) in [6, 6.07) is 0.227. The predicted molar refractivity (Wildman–Crippen MR) is 38.2 cm³/mol. The van der Waals surface area contributed by atoms with Crippen LogP contribution in [0.5, 0.6) is 0 Å². The maximum atomic E-state index is 11.2. The molecular formula is C7H11N2O2. The smallest absolute Gasteiger partial charge is 0.238 e. The summed E-state index contributed by atoms with van der Waals surface area (Å²) in [5, 5.41) is 4.07. The van der Waals surface area contributed by atoms with Crippen molar-refractivity contribution in [3.63, 3.8) is 0 Å². The molecule has 0 aliphatic carbocycles. The normalized spacial score (nSPS) is 31.8. The molecule has 4 nitrogen and oxygen atoms in total. The summed E-state index contributed by atoms with van der Waals surface area (Å²) in [6.07, 6.45) is 0. The van der Waals surface area contributed by atoms with E-state index in [1.165, 1.54) is 0 Å². The van der Waals surface area contributed by atoms with Crippen LogP contribution < -0.4 is 5.32 Å². The van der Waals surface area contributed by atoms with Crippen LogP contribution in [0.2, 0.25) is 0 Å². The molecular weight excluding hydrogens is 144 g/mol. The highest BCUT2D eigenvalue weighted by atomic mass is 16.5. The van der Waals surface area contributed by atoms with E-state index < -0.39 is 0 Å². The number of piperazine rings is 1. The predicted octanol–water partition coefficient (Wildman–Crippen LogP) is -1.17. The standard InChI is InChI=1S/C7H11N2O2/c10-7-4-8-3-6-5-11-2-1-9(6)7/h6H,1-5H2. The molecule has 4 heteroatoms. The maximum Gasteiger partial charge on any atom is 0.238 e. The molecule has 11 heavy (non-hydrogen) atoms. The molecule has 0 saturated carbocycles. The zero-order chi connectivity index (χ0) is 7.68. The summed E-state index contributed by atoms with van der Waals surface area (Å²) in [4.78, 5) is 13.1. The van der Waals surface area contributed by atoms with Gasteiger partial charge in [-0.05, 0) is 0 Å². The first kappa shape index (κ1) is 7.06. The fourth-order valence-corrected chi connectivity index (χ4v) is 1.53. The number of fused-ring (bicyclic) bond motifs is 1. The lowest BCUT2D eigenvalue weighted by molar-refractivity contribution is -0.142. The Morgan fingerprint density at radius 1 is 1.64 bits per heavy atom. The van der Waals surface area contributed by atoms with E-state index in [1.807, 2.05) is 4.90 Å². The van der Waals surface area contributed by atoms with Crippen molar-refractivity contribution in [3.05, 3.63) is 0 Å². The molecule has 1 radical (unpaired) electrons. The van der Waals surface area contributed by atoms with Crippen LogP contribution in [0.25, 0.3) is 0 Å². The number of amides is 1. The van der Waals surface area contributed by atoms with Gasteiger partial charge in [0.1, 0.15) is 0 Å². The minimum Gasteiger partial charge on any atom is -0.377 e. The first-order chi connectivity index (χ1) is 5.38. The minimum atomic E-state index is 0.157. The lowest BCUT2D eigenvalue weighted by Gasteiger charge is -2.38. The van der Waals surface area contributed by atoms with Gasteiger partial charge in [0.05, 0.1) is 25.8 Å². The maximum absolute atomic E-state index is 11.2. The average molecular weight is 155 g/mol. The number of rotatable bonds is 0.